The average molecular weight is 289 g/mol. The topological polar surface area (TPSA) is 37.4 Å². The summed E-state index contributed by atoms with van der Waals surface area (Å²) in [5.74, 6) is 0. The van der Waals surface area contributed by atoms with Crippen molar-refractivity contribution in [2.45, 2.75) is 50.8 Å². The number of ether oxygens (including phenoxy) is 1. The van der Waals surface area contributed by atoms with E-state index in [0.717, 1.165) is 32.5 Å². The maximum absolute atomic E-state index is 6.20. The van der Waals surface area contributed by atoms with Gasteiger partial charge in [-0.25, -0.2) is 0 Å². The first-order valence-electron chi connectivity index (χ1n) is 8.34. The Morgan fingerprint density at radius 2 is 2.29 bits per heavy atom. The molecule has 2 fully saturated rings. The minimum atomic E-state index is 0.305. The molecule has 1 N–H and O–H groups in total. The van der Waals surface area contributed by atoms with Gasteiger partial charge in [0, 0.05) is 31.0 Å². The van der Waals surface area contributed by atoms with Gasteiger partial charge in [-0.05, 0) is 56.5 Å². The SMILES string of the molecule is CCCNC(Cc1ccncc1)C1CN2CCCC2CO1. The van der Waals surface area contributed by atoms with Gasteiger partial charge in [-0.3, -0.25) is 9.88 Å². The van der Waals surface area contributed by atoms with Crippen LogP contribution in [0.4, 0.5) is 0 Å². The highest BCUT2D eigenvalue weighted by molar-refractivity contribution is 5.12. The third-order valence-electron chi connectivity index (χ3n) is 4.73. The van der Waals surface area contributed by atoms with Gasteiger partial charge in [-0.1, -0.05) is 6.92 Å². The summed E-state index contributed by atoms with van der Waals surface area (Å²) in [5, 5.41) is 3.70. The molecule has 116 valence electrons. The zero-order valence-electron chi connectivity index (χ0n) is 13.0. The smallest absolute Gasteiger partial charge is 0.0858 e. The standard InChI is InChI=1S/C17H27N3O/c1-2-7-19-16(11-14-5-8-18-9-6-14)17-12-20-10-3-4-15(20)13-21-17/h5-6,8-9,15-17,19H,2-4,7,10-13H2,1H3. The molecule has 1 aromatic rings. The number of nitrogens with zero attached hydrogens (tertiary/aromatic N) is 2. The molecular formula is C17H27N3O. The fourth-order valence-corrected chi connectivity index (χ4v) is 3.52. The monoisotopic (exact) mass is 289 g/mol. The number of fused-ring (bicyclic) bond motifs is 1. The first-order chi connectivity index (χ1) is 10.4. The highest BCUT2D eigenvalue weighted by atomic mass is 16.5. The van der Waals surface area contributed by atoms with Crippen LogP contribution in [0.2, 0.25) is 0 Å². The quantitative estimate of drug-likeness (QED) is 0.867. The molecule has 3 atom stereocenters. The number of hydrogen-bond donors (Lipinski definition) is 1. The second kappa shape index (κ2) is 7.34. The minimum Gasteiger partial charge on any atom is -0.374 e. The third-order valence-corrected chi connectivity index (χ3v) is 4.73. The normalized spacial score (nSPS) is 27.5. The van der Waals surface area contributed by atoms with Crippen LogP contribution in [0.15, 0.2) is 24.5 Å². The Hall–Kier alpha value is -0.970. The molecule has 21 heavy (non-hydrogen) atoms. The highest BCUT2D eigenvalue weighted by Gasteiger charge is 2.35. The number of pyridine rings is 1. The van der Waals surface area contributed by atoms with Crippen LogP contribution in [0, 0.1) is 0 Å². The van der Waals surface area contributed by atoms with Crippen LogP contribution in [-0.2, 0) is 11.2 Å². The van der Waals surface area contributed by atoms with Gasteiger partial charge in [-0.15, -0.1) is 0 Å². The van der Waals surface area contributed by atoms with Crippen LogP contribution in [0.3, 0.4) is 0 Å². The Morgan fingerprint density at radius 1 is 1.43 bits per heavy atom. The van der Waals surface area contributed by atoms with E-state index < -0.39 is 0 Å². The summed E-state index contributed by atoms with van der Waals surface area (Å²) in [5.41, 5.74) is 1.34. The van der Waals surface area contributed by atoms with Crippen molar-refractivity contribution in [1.82, 2.24) is 15.2 Å². The molecule has 0 bridgehead atoms. The number of morpholine rings is 1. The summed E-state index contributed by atoms with van der Waals surface area (Å²) in [4.78, 5) is 6.74. The second-order valence-electron chi connectivity index (χ2n) is 6.28. The van der Waals surface area contributed by atoms with Crippen LogP contribution < -0.4 is 5.32 Å². The Kier molecular flexibility index (Phi) is 5.22. The lowest BCUT2D eigenvalue weighted by molar-refractivity contribution is -0.0643. The summed E-state index contributed by atoms with van der Waals surface area (Å²) in [6.45, 7) is 6.51. The van der Waals surface area contributed by atoms with Crippen LogP contribution in [0.5, 0.6) is 0 Å². The summed E-state index contributed by atoms with van der Waals surface area (Å²) in [7, 11) is 0. The van der Waals surface area contributed by atoms with E-state index in [0.29, 0.717) is 18.2 Å². The number of hydrogen-bond acceptors (Lipinski definition) is 4. The highest BCUT2D eigenvalue weighted by Crippen LogP contribution is 2.24. The second-order valence-corrected chi connectivity index (χ2v) is 6.28. The lowest BCUT2D eigenvalue weighted by Crippen LogP contribution is -2.55. The molecule has 3 heterocycles. The fraction of sp³-hybridized carbons (Fsp3) is 0.706. The minimum absolute atomic E-state index is 0.305. The molecule has 0 aliphatic carbocycles. The van der Waals surface area contributed by atoms with Crippen molar-refractivity contribution < 1.29 is 4.74 Å². The molecule has 3 unspecified atom stereocenters. The van der Waals surface area contributed by atoms with Crippen LogP contribution >= 0.6 is 0 Å². The molecule has 0 spiro atoms. The molecule has 3 rings (SSSR count). The average Bonchev–Trinajstić information content (AvgIpc) is 3.00. The molecule has 0 amide bonds. The van der Waals surface area contributed by atoms with E-state index in [9.17, 15) is 0 Å². The van der Waals surface area contributed by atoms with Gasteiger partial charge in [-0.2, -0.15) is 0 Å². The van der Waals surface area contributed by atoms with E-state index in [1.807, 2.05) is 12.4 Å². The third kappa shape index (κ3) is 3.82. The van der Waals surface area contributed by atoms with E-state index in [4.69, 9.17) is 4.74 Å². The van der Waals surface area contributed by atoms with E-state index in [1.54, 1.807) is 0 Å². The molecular weight excluding hydrogens is 262 g/mol. The zero-order valence-corrected chi connectivity index (χ0v) is 13.0. The molecule has 0 saturated carbocycles. The lowest BCUT2D eigenvalue weighted by atomic mass is 10.00. The van der Waals surface area contributed by atoms with Gasteiger partial charge in [0.15, 0.2) is 0 Å². The molecule has 4 nitrogen and oxygen atoms in total. The van der Waals surface area contributed by atoms with E-state index >= 15 is 0 Å². The Labute approximate surface area is 127 Å². The molecule has 0 aromatic carbocycles. The Balaban J connectivity index is 1.63. The van der Waals surface area contributed by atoms with Crippen molar-refractivity contribution in [2.24, 2.45) is 0 Å². The van der Waals surface area contributed by atoms with Gasteiger partial charge in [0.2, 0.25) is 0 Å². The first kappa shape index (κ1) is 14.9. The van der Waals surface area contributed by atoms with E-state index in [1.165, 1.54) is 24.9 Å². The van der Waals surface area contributed by atoms with Crippen molar-refractivity contribution in [3.05, 3.63) is 30.1 Å². The maximum Gasteiger partial charge on any atom is 0.0858 e. The number of aromatic nitrogens is 1. The van der Waals surface area contributed by atoms with Crippen molar-refractivity contribution in [1.29, 1.82) is 0 Å². The predicted octanol–water partition coefficient (Wildman–Crippen LogP) is 1.86. The summed E-state index contributed by atoms with van der Waals surface area (Å²) in [6.07, 6.45) is 8.88. The van der Waals surface area contributed by atoms with Crippen molar-refractivity contribution in [3.63, 3.8) is 0 Å². The number of rotatable bonds is 6. The molecule has 4 heteroatoms. The van der Waals surface area contributed by atoms with Crippen molar-refractivity contribution in [3.8, 4) is 0 Å². The predicted molar refractivity (Wildman–Crippen MR) is 84.4 cm³/mol. The van der Waals surface area contributed by atoms with Gasteiger partial charge in [0.25, 0.3) is 0 Å². The molecule has 2 saturated heterocycles. The van der Waals surface area contributed by atoms with Gasteiger partial charge in [0.05, 0.1) is 12.7 Å². The van der Waals surface area contributed by atoms with Crippen LogP contribution in [-0.4, -0.2) is 54.3 Å². The summed E-state index contributed by atoms with van der Waals surface area (Å²) in [6, 6.07) is 5.30. The zero-order chi connectivity index (χ0) is 14.5. The fourth-order valence-electron chi connectivity index (χ4n) is 3.52. The van der Waals surface area contributed by atoms with Crippen LogP contribution in [0.25, 0.3) is 0 Å². The summed E-state index contributed by atoms with van der Waals surface area (Å²) >= 11 is 0. The van der Waals surface area contributed by atoms with E-state index in [-0.39, 0.29) is 0 Å². The van der Waals surface area contributed by atoms with Gasteiger partial charge >= 0.3 is 0 Å². The Bertz CT molecular complexity index is 425. The Morgan fingerprint density at radius 3 is 3.10 bits per heavy atom. The maximum atomic E-state index is 6.20. The van der Waals surface area contributed by atoms with Crippen molar-refractivity contribution in [2.75, 3.05) is 26.2 Å². The van der Waals surface area contributed by atoms with Gasteiger partial charge in [0.1, 0.15) is 0 Å². The lowest BCUT2D eigenvalue weighted by Gasteiger charge is -2.39. The molecule has 2 aliphatic rings. The number of nitrogens with one attached hydrogen (secondary N) is 1. The van der Waals surface area contributed by atoms with Crippen LogP contribution in [0.1, 0.15) is 31.7 Å². The van der Waals surface area contributed by atoms with E-state index in [2.05, 4.69) is 34.3 Å². The first-order valence-corrected chi connectivity index (χ1v) is 8.34. The summed E-state index contributed by atoms with van der Waals surface area (Å²) < 4.78 is 6.20. The molecule has 2 aliphatic heterocycles. The molecule has 1 aromatic heterocycles. The van der Waals surface area contributed by atoms with Gasteiger partial charge < -0.3 is 10.1 Å². The largest absolute Gasteiger partial charge is 0.374 e. The molecule has 0 radical (unpaired) electrons. The van der Waals surface area contributed by atoms with Crippen molar-refractivity contribution >= 4 is 0 Å².